The second-order valence-electron chi connectivity index (χ2n) is 5.91. The maximum atomic E-state index is 12.9. The van der Waals surface area contributed by atoms with Crippen LogP contribution in [0.2, 0.25) is 0 Å². The Morgan fingerprint density at radius 3 is 2.33 bits per heavy atom. The molecule has 2 fully saturated rings. The first-order valence-electron chi connectivity index (χ1n) is 7.22. The van der Waals surface area contributed by atoms with Gasteiger partial charge in [0, 0.05) is 22.6 Å². The fourth-order valence-corrected chi connectivity index (χ4v) is 4.14. The molecule has 3 rings (SSSR count). The standard InChI is InChI=1S/C15H18BrF3N2/c1-20-10-7-11-3-4-12(8-10)21(11)14-6-9(15(17,18)19)2-5-13(14)16/h2,5-6,10-12,20H,3-4,7-8H2,1H3. The molecular weight excluding hydrogens is 345 g/mol. The molecule has 2 saturated heterocycles. The van der Waals surface area contributed by atoms with Crippen molar-refractivity contribution in [1.29, 1.82) is 0 Å². The van der Waals surface area contributed by atoms with E-state index in [1.54, 1.807) is 0 Å². The summed E-state index contributed by atoms with van der Waals surface area (Å²) in [6.45, 7) is 0. The first-order chi connectivity index (χ1) is 9.90. The summed E-state index contributed by atoms with van der Waals surface area (Å²) in [5.41, 5.74) is 0.114. The van der Waals surface area contributed by atoms with Gasteiger partial charge in [0.15, 0.2) is 0 Å². The third-order valence-corrected chi connectivity index (χ3v) is 5.36. The number of anilines is 1. The van der Waals surface area contributed by atoms with E-state index in [1.165, 1.54) is 12.1 Å². The Bertz CT molecular complexity index is 518. The molecule has 2 atom stereocenters. The van der Waals surface area contributed by atoms with Crippen LogP contribution in [0.5, 0.6) is 0 Å². The topological polar surface area (TPSA) is 15.3 Å². The Labute approximate surface area is 130 Å². The molecule has 0 aliphatic carbocycles. The molecule has 0 saturated carbocycles. The second kappa shape index (κ2) is 5.47. The maximum absolute atomic E-state index is 12.9. The lowest BCUT2D eigenvalue weighted by atomic mass is 9.96. The predicted molar refractivity (Wildman–Crippen MR) is 80.5 cm³/mol. The molecule has 116 valence electrons. The molecule has 0 spiro atoms. The fraction of sp³-hybridized carbons (Fsp3) is 0.600. The summed E-state index contributed by atoms with van der Waals surface area (Å²) in [6, 6.07) is 5.08. The van der Waals surface area contributed by atoms with Gasteiger partial charge in [0.2, 0.25) is 0 Å². The van der Waals surface area contributed by atoms with Crippen molar-refractivity contribution < 1.29 is 13.2 Å². The number of hydrogen-bond donors (Lipinski definition) is 1. The van der Waals surface area contributed by atoms with Crippen molar-refractivity contribution in [2.45, 2.75) is 50.0 Å². The van der Waals surface area contributed by atoms with E-state index in [2.05, 4.69) is 26.1 Å². The van der Waals surface area contributed by atoms with E-state index in [9.17, 15) is 13.2 Å². The van der Waals surface area contributed by atoms with Gasteiger partial charge in [-0.25, -0.2) is 0 Å². The highest BCUT2D eigenvalue weighted by Gasteiger charge is 2.41. The monoisotopic (exact) mass is 362 g/mol. The van der Waals surface area contributed by atoms with Crippen molar-refractivity contribution in [3.8, 4) is 0 Å². The number of halogens is 4. The molecule has 2 nitrogen and oxygen atoms in total. The van der Waals surface area contributed by atoms with E-state index < -0.39 is 11.7 Å². The number of rotatable bonds is 2. The Kier molecular flexibility index (Phi) is 3.94. The van der Waals surface area contributed by atoms with Crippen molar-refractivity contribution in [2.24, 2.45) is 0 Å². The number of alkyl halides is 3. The van der Waals surface area contributed by atoms with E-state index in [0.717, 1.165) is 36.2 Å². The minimum Gasteiger partial charge on any atom is -0.365 e. The summed E-state index contributed by atoms with van der Waals surface area (Å²) in [6.07, 6.45) is -0.180. The van der Waals surface area contributed by atoms with E-state index in [0.29, 0.717) is 23.8 Å². The van der Waals surface area contributed by atoms with Gasteiger partial charge in [0.1, 0.15) is 0 Å². The average molecular weight is 363 g/mol. The van der Waals surface area contributed by atoms with Gasteiger partial charge in [-0.05, 0) is 66.9 Å². The summed E-state index contributed by atoms with van der Waals surface area (Å²) >= 11 is 3.42. The summed E-state index contributed by atoms with van der Waals surface area (Å²) < 4.78 is 39.6. The van der Waals surface area contributed by atoms with Crippen molar-refractivity contribution in [1.82, 2.24) is 5.32 Å². The minimum atomic E-state index is -4.29. The van der Waals surface area contributed by atoms with Gasteiger partial charge >= 0.3 is 6.18 Å². The summed E-state index contributed by atoms with van der Waals surface area (Å²) in [4.78, 5) is 2.20. The van der Waals surface area contributed by atoms with Crippen molar-refractivity contribution >= 4 is 21.6 Å². The first kappa shape index (κ1) is 15.2. The number of fused-ring (bicyclic) bond motifs is 2. The zero-order valence-electron chi connectivity index (χ0n) is 11.8. The molecule has 2 unspecified atom stereocenters. The van der Waals surface area contributed by atoms with Crippen LogP contribution in [-0.2, 0) is 6.18 Å². The van der Waals surface area contributed by atoms with Gasteiger partial charge in [0.25, 0.3) is 0 Å². The Hall–Kier alpha value is -0.750. The van der Waals surface area contributed by atoms with Crippen LogP contribution in [0.1, 0.15) is 31.2 Å². The third kappa shape index (κ3) is 2.80. The average Bonchev–Trinajstić information content (AvgIpc) is 2.68. The largest absolute Gasteiger partial charge is 0.416 e. The molecular formula is C15H18BrF3N2. The predicted octanol–water partition coefficient (Wildman–Crippen LogP) is 4.19. The third-order valence-electron chi connectivity index (χ3n) is 4.69. The van der Waals surface area contributed by atoms with Crippen molar-refractivity contribution in [3.63, 3.8) is 0 Å². The van der Waals surface area contributed by atoms with Crippen LogP contribution in [0.15, 0.2) is 22.7 Å². The quantitative estimate of drug-likeness (QED) is 0.848. The Morgan fingerprint density at radius 2 is 1.81 bits per heavy atom. The van der Waals surface area contributed by atoms with Crippen LogP contribution in [0.3, 0.4) is 0 Å². The van der Waals surface area contributed by atoms with Crippen LogP contribution in [0.4, 0.5) is 18.9 Å². The molecule has 1 aromatic carbocycles. The lowest BCUT2D eigenvalue weighted by Gasteiger charge is -2.41. The number of nitrogens with one attached hydrogen (secondary N) is 1. The molecule has 2 aliphatic heterocycles. The number of benzene rings is 1. The smallest absolute Gasteiger partial charge is 0.365 e. The molecule has 1 aromatic rings. The number of hydrogen-bond acceptors (Lipinski definition) is 2. The Morgan fingerprint density at radius 1 is 1.19 bits per heavy atom. The van der Waals surface area contributed by atoms with Crippen LogP contribution in [0, 0.1) is 0 Å². The zero-order chi connectivity index (χ0) is 15.2. The molecule has 6 heteroatoms. The van der Waals surface area contributed by atoms with Gasteiger partial charge in [-0.2, -0.15) is 13.2 Å². The van der Waals surface area contributed by atoms with Crippen molar-refractivity contribution in [2.75, 3.05) is 11.9 Å². The number of nitrogens with zero attached hydrogens (tertiary/aromatic N) is 1. The second-order valence-corrected chi connectivity index (χ2v) is 6.77. The highest BCUT2D eigenvalue weighted by atomic mass is 79.9. The summed E-state index contributed by atoms with van der Waals surface area (Å²) in [5.74, 6) is 0. The zero-order valence-corrected chi connectivity index (χ0v) is 13.3. The molecule has 2 aliphatic rings. The van der Waals surface area contributed by atoms with E-state index >= 15 is 0 Å². The molecule has 2 heterocycles. The highest BCUT2D eigenvalue weighted by Crippen LogP contribution is 2.44. The first-order valence-corrected chi connectivity index (χ1v) is 8.02. The lowest BCUT2D eigenvalue weighted by Crippen LogP contribution is -2.48. The van der Waals surface area contributed by atoms with Gasteiger partial charge in [-0.3, -0.25) is 0 Å². The normalized spacial score (nSPS) is 29.0. The van der Waals surface area contributed by atoms with Crippen LogP contribution in [0.25, 0.3) is 0 Å². The van der Waals surface area contributed by atoms with Crippen LogP contribution >= 0.6 is 15.9 Å². The van der Waals surface area contributed by atoms with Gasteiger partial charge < -0.3 is 10.2 Å². The maximum Gasteiger partial charge on any atom is 0.416 e. The van der Waals surface area contributed by atoms with E-state index in [-0.39, 0.29) is 0 Å². The summed E-state index contributed by atoms with van der Waals surface area (Å²) in [7, 11) is 1.96. The molecule has 1 N–H and O–H groups in total. The molecule has 21 heavy (non-hydrogen) atoms. The highest BCUT2D eigenvalue weighted by molar-refractivity contribution is 9.10. The Balaban J connectivity index is 1.94. The van der Waals surface area contributed by atoms with Gasteiger partial charge in [0.05, 0.1) is 11.3 Å². The van der Waals surface area contributed by atoms with Gasteiger partial charge in [-0.1, -0.05) is 0 Å². The van der Waals surface area contributed by atoms with Crippen molar-refractivity contribution in [3.05, 3.63) is 28.2 Å². The summed E-state index contributed by atoms with van der Waals surface area (Å²) in [5, 5.41) is 3.31. The lowest BCUT2D eigenvalue weighted by molar-refractivity contribution is -0.137. The molecule has 0 amide bonds. The number of piperidine rings is 1. The SMILES string of the molecule is CNC1CC2CCC(C1)N2c1cc(C(F)(F)F)ccc1Br. The molecule has 2 bridgehead atoms. The van der Waals surface area contributed by atoms with Crippen LogP contribution < -0.4 is 10.2 Å². The molecule has 0 radical (unpaired) electrons. The van der Waals surface area contributed by atoms with Crippen LogP contribution in [-0.4, -0.2) is 25.2 Å². The van der Waals surface area contributed by atoms with E-state index in [1.807, 2.05) is 7.05 Å². The molecule has 0 aromatic heterocycles. The fourth-order valence-electron chi connectivity index (χ4n) is 3.69. The minimum absolute atomic E-state index is 0.334. The van der Waals surface area contributed by atoms with E-state index in [4.69, 9.17) is 0 Å². The van der Waals surface area contributed by atoms with Gasteiger partial charge in [-0.15, -0.1) is 0 Å².